The third-order valence-corrected chi connectivity index (χ3v) is 6.21. The first-order valence-electron chi connectivity index (χ1n) is 8.94. The van der Waals surface area contributed by atoms with E-state index in [2.05, 4.69) is 15.9 Å². The lowest BCUT2D eigenvalue weighted by molar-refractivity contribution is -0.123. The van der Waals surface area contributed by atoms with Gasteiger partial charge in [0.05, 0.1) is 22.0 Å². The Morgan fingerprint density at radius 2 is 1.97 bits per heavy atom. The lowest BCUT2D eigenvalue weighted by Crippen LogP contribution is -2.27. The van der Waals surface area contributed by atoms with Gasteiger partial charge < -0.3 is 9.52 Å². The average molecular weight is 519 g/mol. The van der Waals surface area contributed by atoms with Gasteiger partial charge in [-0.25, -0.2) is 4.79 Å². The van der Waals surface area contributed by atoms with Gasteiger partial charge in [0, 0.05) is 16.1 Å². The van der Waals surface area contributed by atoms with E-state index >= 15 is 0 Å². The summed E-state index contributed by atoms with van der Waals surface area (Å²) in [7, 11) is 0. The Morgan fingerprint density at radius 1 is 1.16 bits per heavy atom. The fourth-order valence-corrected chi connectivity index (χ4v) is 4.47. The average Bonchev–Trinajstić information content (AvgIpc) is 3.29. The van der Waals surface area contributed by atoms with Crippen molar-refractivity contribution in [2.24, 2.45) is 0 Å². The van der Waals surface area contributed by atoms with Crippen molar-refractivity contribution in [2.45, 2.75) is 6.54 Å². The number of rotatable bonds is 5. The fourth-order valence-electron chi connectivity index (χ4n) is 3.01. The zero-order valence-corrected chi connectivity index (χ0v) is 18.8. The molecule has 3 aromatic rings. The predicted molar refractivity (Wildman–Crippen MR) is 122 cm³/mol. The Balaban J connectivity index is 1.55. The summed E-state index contributed by atoms with van der Waals surface area (Å²) in [6.45, 7) is 0.174. The summed E-state index contributed by atoms with van der Waals surface area (Å²) in [6.07, 6.45) is 1.50. The number of nitrogens with zero attached hydrogens (tertiary/aromatic N) is 1. The van der Waals surface area contributed by atoms with Crippen LogP contribution in [0.1, 0.15) is 21.7 Å². The van der Waals surface area contributed by atoms with Gasteiger partial charge in [-0.2, -0.15) is 0 Å². The number of carbonyl (C=O) groups is 3. The molecule has 1 aromatic heterocycles. The Hall–Kier alpha value is -2.81. The molecule has 0 atom stereocenters. The maximum Gasteiger partial charge on any atom is 0.337 e. The third-order valence-electron chi connectivity index (χ3n) is 4.48. The van der Waals surface area contributed by atoms with Crippen LogP contribution in [0.5, 0.6) is 0 Å². The molecule has 1 fully saturated rings. The van der Waals surface area contributed by atoms with E-state index in [4.69, 9.17) is 16.0 Å². The van der Waals surface area contributed by atoms with Gasteiger partial charge in [0.2, 0.25) is 0 Å². The zero-order chi connectivity index (χ0) is 22.1. The standard InChI is InChI=1S/C22H13BrClNO5S/c23-14-3-1-2-12(8-14)11-25-20(26)19(31-22(25)29)10-15-5-7-18(30-15)13-4-6-17(24)16(9-13)21(27)28/h1-10H,11H2,(H,27,28)/b19-10+. The number of carboxylic acids is 1. The van der Waals surface area contributed by atoms with Gasteiger partial charge in [-0.3, -0.25) is 14.5 Å². The van der Waals surface area contributed by atoms with Crippen LogP contribution in [-0.4, -0.2) is 27.1 Å². The number of carbonyl (C=O) groups excluding carboxylic acids is 2. The van der Waals surface area contributed by atoms with Crippen molar-refractivity contribution < 1.29 is 23.9 Å². The number of benzene rings is 2. The second-order valence-corrected chi connectivity index (χ2v) is 8.92. The van der Waals surface area contributed by atoms with Crippen molar-refractivity contribution in [1.82, 2.24) is 4.90 Å². The largest absolute Gasteiger partial charge is 0.478 e. The van der Waals surface area contributed by atoms with Crippen LogP contribution in [0.2, 0.25) is 5.02 Å². The van der Waals surface area contributed by atoms with Crippen LogP contribution in [-0.2, 0) is 11.3 Å². The van der Waals surface area contributed by atoms with E-state index in [-0.39, 0.29) is 27.3 Å². The minimum Gasteiger partial charge on any atom is -0.478 e. The molecule has 0 aliphatic carbocycles. The van der Waals surface area contributed by atoms with Gasteiger partial charge in [-0.05, 0) is 59.8 Å². The van der Waals surface area contributed by atoms with Gasteiger partial charge in [0.15, 0.2) is 0 Å². The summed E-state index contributed by atoms with van der Waals surface area (Å²) in [5, 5.41) is 9.00. The number of aromatic carboxylic acids is 1. The van der Waals surface area contributed by atoms with Crippen molar-refractivity contribution in [3.63, 3.8) is 0 Å². The van der Waals surface area contributed by atoms with E-state index in [9.17, 15) is 19.5 Å². The number of halogens is 2. The fraction of sp³-hybridized carbons (Fsp3) is 0.0455. The smallest absolute Gasteiger partial charge is 0.337 e. The number of imide groups is 1. The first kappa shape index (κ1) is 21.4. The molecule has 2 amide bonds. The van der Waals surface area contributed by atoms with Gasteiger partial charge in [-0.1, -0.05) is 39.7 Å². The Labute approximate surface area is 194 Å². The van der Waals surface area contributed by atoms with Crippen molar-refractivity contribution in [2.75, 3.05) is 0 Å². The number of hydrogen-bond acceptors (Lipinski definition) is 5. The second kappa shape index (κ2) is 8.74. The monoisotopic (exact) mass is 517 g/mol. The Bertz CT molecular complexity index is 1250. The molecule has 2 aromatic carbocycles. The molecule has 1 N–H and O–H groups in total. The molecule has 1 aliphatic heterocycles. The maximum absolute atomic E-state index is 12.7. The summed E-state index contributed by atoms with van der Waals surface area (Å²) in [4.78, 5) is 37.8. The molecule has 0 spiro atoms. The number of thioether (sulfide) groups is 1. The molecule has 2 heterocycles. The normalized spacial score (nSPS) is 15.2. The van der Waals surface area contributed by atoms with Crippen molar-refractivity contribution in [1.29, 1.82) is 0 Å². The van der Waals surface area contributed by atoms with Crippen LogP contribution in [0.25, 0.3) is 17.4 Å². The lowest BCUT2D eigenvalue weighted by Gasteiger charge is -2.12. The molecule has 0 bridgehead atoms. The summed E-state index contributed by atoms with van der Waals surface area (Å²) in [5.74, 6) is -0.751. The van der Waals surface area contributed by atoms with Crippen molar-refractivity contribution >= 4 is 62.5 Å². The molecule has 0 radical (unpaired) electrons. The van der Waals surface area contributed by atoms with Gasteiger partial charge >= 0.3 is 5.97 Å². The van der Waals surface area contributed by atoms with E-state index in [0.29, 0.717) is 17.1 Å². The molecular formula is C22H13BrClNO5S. The summed E-state index contributed by atoms with van der Waals surface area (Å²) < 4.78 is 6.61. The quantitative estimate of drug-likeness (QED) is 0.399. The SMILES string of the molecule is O=C(O)c1cc(-c2ccc(/C=C3/SC(=O)N(Cc4cccc(Br)c4)C3=O)o2)ccc1Cl. The highest BCUT2D eigenvalue weighted by Gasteiger charge is 2.35. The van der Waals surface area contributed by atoms with Gasteiger partial charge in [0.25, 0.3) is 11.1 Å². The van der Waals surface area contributed by atoms with Crippen LogP contribution in [0.3, 0.4) is 0 Å². The maximum atomic E-state index is 12.7. The molecule has 156 valence electrons. The molecule has 6 nitrogen and oxygen atoms in total. The van der Waals surface area contributed by atoms with E-state index in [1.54, 1.807) is 18.2 Å². The van der Waals surface area contributed by atoms with Crippen LogP contribution in [0.4, 0.5) is 4.79 Å². The first-order valence-corrected chi connectivity index (χ1v) is 10.9. The summed E-state index contributed by atoms with van der Waals surface area (Å²) in [6, 6.07) is 15.2. The minimum absolute atomic E-state index is 0.0363. The first-order chi connectivity index (χ1) is 14.8. The molecule has 31 heavy (non-hydrogen) atoms. The number of hydrogen-bond donors (Lipinski definition) is 1. The van der Waals surface area contributed by atoms with Crippen LogP contribution >= 0.6 is 39.3 Å². The third kappa shape index (κ3) is 4.61. The Morgan fingerprint density at radius 3 is 2.71 bits per heavy atom. The van der Waals surface area contributed by atoms with Gasteiger partial charge in [0.1, 0.15) is 11.5 Å². The van der Waals surface area contributed by atoms with E-state index in [1.807, 2.05) is 24.3 Å². The van der Waals surface area contributed by atoms with Gasteiger partial charge in [-0.15, -0.1) is 0 Å². The highest BCUT2D eigenvalue weighted by Crippen LogP contribution is 2.35. The van der Waals surface area contributed by atoms with Crippen molar-refractivity contribution in [3.8, 4) is 11.3 Å². The summed E-state index contributed by atoms with van der Waals surface area (Å²) >= 11 is 10.1. The topological polar surface area (TPSA) is 87.8 Å². The molecule has 9 heteroatoms. The van der Waals surface area contributed by atoms with Crippen LogP contribution < -0.4 is 0 Å². The number of furan rings is 1. The highest BCUT2D eigenvalue weighted by molar-refractivity contribution is 9.10. The lowest BCUT2D eigenvalue weighted by atomic mass is 10.1. The molecule has 4 rings (SSSR count). The number of amides is 2. The van der Waals surface area contributed by atoms with E-state index in [1.165, 1.54) is 23.1 Å². The molecule has 1 saturated heterocycles. The zero-order valence-electron chi connectivity index (χ0n) is 15.7. The van der Waals surface area contributed by atoms with Crippen LogP contribution in [0.15, 0.2) is 68.4 Å². The molecule has 0 unspecified atom stereocenters. The van der Waals surface area contributed by atoms with E-state index < -0.39 is 11.9 Å². The van der Waals surface area contributed by atoms with E-state index in [0.717, 1.165) is 21.8 Å². The Kier molecular flexibility index (Phi) is 6.04. The highest BCUT2D eigenvalue weighted by atomic mass is 79.9. The van der Waals surface area contributed by atoms with Crippen LogP contribution in [0, 0.1) is 0 Å². The molecular weight excluding hydrogens is 506 g/mol. The minimum atomic E-state index is -1.14. The summed E-state index contributed by atoms with van der Waals surface area (Å²) in [5.41, 5.74) is 1.32. The number of carboxylic acid groups (broad SMARTS) is 1. The molecule has 0 saturated carbocycles. The predicted octanol–water partition coefficient (Wildman–Crippen LogP) is 6.30. The molecule has 1 aliphatic rings. The second-order valence-electron chi connectivity index (χ2n) is 6.60. The van der Waals surface area contributed by atoms with Crippen molar-refractivity contribution in [3.05, 3.63) is 85.9 Å².